The van der Waals surface area contributed by atoms with Crippen molar-refractivity contribution in [2.45, 2.75) is 38.5 Å². The topological polar surface area (TPSA) is 73.7 Å². The lowest BCUT2D eigenvalue weighted by Crippen LogP contribution is -2.50. The number of para-hydroxylation sites is 1. The normalized spacial score (nSPS) is 19.8. The molecule has 160 valence electrons. The molecule has 1 amide bonds. The van der Waals surface area contributed by atoms with Crippen LogP contribution >= 0.6 is 0 Å². The first-order chi connectivity index (χ1) is 15.1. The predicted octanol–water partition coefficient (Wildman–Crippen LogP) is 3.06. The van der Waals surface area contributed by atoms with Crippen LogP contribution in [0.5, 0.6) is 0 Å². The highest BCUT2D eigenvalue weighted by Gasteiger charge is 2.36. The summed E-state index contributed by atoms with van der Waals surface area (Å²) < 4.78 is 13.0. The summed E-state index contributed by atoms with van der Waals surface area (Å²) in [5, 5.41) is 0.570. The summed E-state index contributed by atoms with van der Waals surface area (Å²) in [5.41, 5.74) is 1.84. The highest BCUT2D eigenvalue weighted by Crippen LogP contribution is 2.26. The number of benzene rings is 2. The monoisotopic (exact) mass is 419 g/mol. The molecule has 1 atom stereocenters. The zero-order valence-corrected chi connectivity index (χ0v) is 17.5. The maximum Gasteiger partial charge on any atom is 0.265 e. The van der Waals surface area contributed by atoms with Crippen LogP contribution in [0.3, 0.4) is 0 Å². The van der Waals surface area contributed by atoms with E-state index in [0.717, 1.165) is 19.3 Å². The maximum absolute atomic E-state index is 13.3. The van der Waals surface area contributed by atoms with Crippen molar-refractivity contribution in [2.24, 2.45) is 0 Å². The third-order valence-electron chi connectivity index (χ3n) is 6.09. The van der Waals surface area contributed by atoms with Crippen LogP contribution in [0, 0.1) is 6.92 Å². The largest absolute Gasteiger partial charge is 0.348 e. The Bertz CT molecular complexity index is 1170. The molecule has 2 aliphatic heterocycles. The number of aryl methyl sites for hydroxylation is 1. The van der Waals surface area contributed by atoms with E-state index in [4.69, 9.17) is 9.47 Å². The molecule has 1 aromatic heterocycles. The molecule has 2 fully saturated rings. The lowest BCUT2D eigenvalue weighted by atomic mass is 10.00. The second-order valence-electron chi connectivity index (χ2n) is 8.04. The zero-order valence-electron chi connectivity index (χ0n) is 17.5. The van der Waals surface area contributed by atoms with Gasteiger partial charge in [0.15, 0.2) is 6.29 Å². The van der Waals surface area contributed by atoms with E-state index < -0.39 is 0 Å². The van der Waals surface area contributed by atoms with Gasteiger partial charge in [-0.15, -0.1) is 0 Å². The number of hydrogen-bond acceptors (Lipinski definition) is 5. The van der Waals surface area contributed by atoms with Gasteiger partial charge in [0.25, 0.3) is 11.5 Å². The second kappa shape index (κ2) is 8.24. The Kier molecular flexibility index (Phi) is 5.29. The Balaban J connectivity index is 1.44. The fourth-order valence-electron chi connectivity index (χ4n) is 4.56. The summed E-state index contributed by atoms with van der Waals surface area (Å²) in [4.78, 5) is 32.7. The fourth-order valence-corrected chi connectivity index (χ4v) is 4.56. The van der Waals surface area contributed by atoms with Crippen LogP contribution in [-0.2, 0) is 9.47 Å². The van der Waals surface area contributed by atoms with E-state index in [-0.39, 0.29) is 23.8 Å². The lowest BCUT2D eigenvalue weighted by Gasteiger charge is -2.38. The maximum atomic E-state index is 13.3. The fraction of sp³-hybridized carbons (Fsp3) is 0.375. The van der Waals surface area contributed by atoms with Crippen molar-refractivity contribution in [1.82, 2.24) is 14.5 Å². The van der Waals surface area contributed by atoms with E-state index in [1.807, 2.05) is 30.0 Å². The first kappa shape index (κ1) is 19.9. The molecule has 2 aliphatic rings. The van der Waals surface area contributed by atoms with Crippen molar-refractivity contribution in [3.05, 3.63) is 70.3 Å². The summed E-state index contributed by atoms with van der Waals surface area (Å²) in [5.74, 6) is 0.574. The minimum Gasteiger partial charge on any atom is -0.348 e. The molecule has 0 spiro atoms. The first-order valence-electron chi connectivity index (χ1n) is 10.8. The number of amides is 1. The van der Waals surface area contributed by atoms with E-state index in [1.165, 1.54) is 0 Å². The minimum absolute atomic E-state index is 0.0314. The number of carbonyl (C=O) groups excluding carboxylic acids is 1. The van der Waals surface area contributed by atoms with Gasteiger partial charge in [0.05, 0.1) is 35.8 Å². The predicted molar refractivity (Wildman–Crippen MR) is 116 cm³/mol. The van der Waals surface area contributed by atoms with Crippen LogP contribution in [0.4, 0.5) is 0 Å². The zero-order chi connectivity index (χ0) is 21.4. The minimum atomic E-state index is -0.339. The van der Waals surface area contributed by atoms with Crippen LogP contribution in [0.1, 0.15) is 35.4 Å². The van der Waals surface area contributed by atoms with E-state index in [2.05, 4.69) is 4.98 Å². The van der Waals surface area contributed by atoms with Crippen LogP contribution in [0.15, 0.2) is 53.3 Å². The van der Waals surface area contributed by atoms with Gasteiger partial charge in [-0.25, -0.2) is 4.98 Å². The van der Waals surface area contributed by atoms with Crippen molar-refractivity contribution in [3.8, 4) is 5.69 Å². The molecule has 7 heteroatoms. The third-order valence-corrected chi connectivity index (χ3v) is 6.09. The Labute approximate surface area is 180 Å². The van der Waals surface area contributed by atoms with Gasteiger partial charge in [-0.2, -0.15) is 0 Å². The molecule has 7 nitrogen and oxygen atoms in total. The number of rotatable bonds is 3. The molecule has 3 aromatic rings. The van der Waals surface area contributed by atoms with E-state index in [9.17, 15) is 9.59 Å². The summed E-state index contributed by atoms with van der Waals surface area (Å²) in [6.07, 6.45) is 2.58. The van der Waals surface area contributed by atoms with Crippen molar-refractivity contribution < 1.29 is 14.3 Å². The molecule has 31 heavy (non-hydrogen) atoms. The van der Waals surface area contributed by atoms with E-state index in [0.29, 0.717) is 47.7 Å². The summed E-state index contributed by atoms with van der Waals surface area (Å²) in [6.45, 7) is 3.66. The van der Waals surface area contributed by atoms with Gasteiger partial charge in [-0.3, -0.25) is 14.2 Å². The number of likely N-dealkylation sites (tertiary alicyclic amines) is 1. The van der Waals surface area contributed by atoms with Gasteiger partial charge in [-0.1, -0.05) is 12.1 Å². The highest BCUT2D eigenvalue weighted by molar-refractivity contribution is 5.94. The average molecular weight is 419 g/mol. The molecule has 2 aromatic carbocycles. The molecule has 2 saturated heterocycles. The molecule has 0 bridgehead atoms. The Hall–Kier alpha value is -3.03. The number of nitrogens with zero attached hydrogens (tertiary/aromatic N) is 3. The highest BCUT2D eigenvalue weighted by atomic mass is 16.7. The molecule has 0 saturated carbocycles. The number of carbonyl (C=O) groups is 1. The van der Waals surface area contributed by atoms with Crippen LogP contribution in [0.25, 0.3) is 16.6 Å². The number of hydrogen-bond donors (Lipinski definition) is 0. The number of ether oxygens (including phenoxy) is 2. The molecule has 0 aliphatic carbocycles. The Morgan fingerprint density at radius 2 is 1.77 bits per heavy atom. The van der Waals surface area contributed by atoms with Gasteiger partial charge in [0.2, 0.25) is 0 Å². The third kappa shape index (κ3) is 3.64. The lowest BCUT2D eigenvalue weighted by molar-refractivity contribution is -0.100. The van der Waals surface area contributed by atoms with Gasteiger partial charge in [-0.05, 0) is 62.6 Å². The molecule has 0 radical (unpaired) electrons. The molecular weight excluding hydrogens is 394 g/mol. The molecule has 0 N–H and O–H groups in total. The van der Waals surface area contributed by atoms with Crippen LogP contribution in [-0.4, -0.2) is 52.4 Å². The van der Waals surface area contributed by atoms with Crippen LogP contribution < -0.4 is 5.56 Å². The number of fused-ring (bicyclic) bond motifs is 1. The molecule has 3 heterocycles. The number of aromatic nitrogens is 2. The van der Waals surface area contributed by atoms with Gasteiger partial charge in [0, 0.05) is 12.1 Å². The van der Waals surface area contributed by atoms with E-state index in [1.54, 1.807) is 34.9 Å². The first-order valence-corrected chi connectivity index (χ1v) is 10.8. The quantitative estimate of drug-likeness (QED) is 0.652. The molecule has 1 unspecified atom stereocenters. The molecular formula is C24H25N3O4. The second-order valence-corrected chi connectivity index (χ2v) is 8.04. The van der Waals surface area contributed by atoms with Gasteiger partial charge < -0.3 is 14.4 Å². The van der Waals surface area contributed by atoms with Crippen LogP contribution in [0.2, 0.25) is 0 Å². The summed E-state index contributed by atoms with van der Waals surface area (Å²) in [6, 6.07) is 14.4. The summed E-state index contributed by atoms with van der Waals surface area (Å²) >= 11 is 0. The van der Waals surface area contributed by atoms with Gasteiger partial charge >= 0.3 is 0 Å². The van der Waals surface area contributed by atoms with Crippen molar-refractivity contribution >= 4 is 16.8 Å². The van der Waals surface area contributed by atoms with Gasteiger partial charge in [0.1, 0.15) is 5.82 Å². The Morgan fingerprint density at radius 3 is 2.55 bits per heavy atom. The molecule has 5 rings (SSSR count). The van der Waals surface area contributed by atoms with E-state index >= 15 is 0 Å². The van der Waals surface area contributed by atoms with Crippen molar-refractivity contribution in [2.75, 3.05) is 19.8 Å². The standard InChI is InChI=1S/C24H25N3O4/c1-16-25-20-7-3-2-6-19(20)23(29)27(16)18-11-9-17(10-12-18)22(28)26-13-5-4-8-21(26)24-30-14-15-31-24/h2-3,6-7,9-12,21,24H,4-5,8,13-15H2,1H3. The summed E-state index contributed by atoms with van der Waals surface area (Å²) in [7, 11) is 0. The van der Waals surface area contributed by atoms with Crippen molar-refractivity contribution in [3.63, 3.8) is 0 Å². The number of piperidine rings is 1. The van der Waals surface area contributed by atoms with Crippen molar-refractivity contribution in [1.29, 1.82) is 0 Å². The SMILES string of the molecule is Cc1nc2ccccc2c(=O)n1-c1ccc(C(=O)N2CCCCC2C2OCCO2)cc1. The average Bonchev–Trinajstić information content (AvgIpc) is 3.34. The Morgan fingerprint density at radius 1 is 1.03 bits per heavy atom. The smallest absolute Gasteiger partial charge is 0.265 e.